The van der Waals surface area contributed by atoms with Crippen LogP contribution in [0.2, 0.25) is 0 Å². The van der Waals surface area contributed by atoms with Gasteiger partial charge in [-0.1, -0.05) is 6.07 Å². The molecule has 0 aliphatic heterocycles. The van der Waals surface area contributed by atoms with Crippen LogP contribution in [-0.2, 0) is 11.2 Å². The maximum atomic E-state index is 5.02. The third-order valence-electron chi connectivity index (χ3n) is 2.79. The van der Waals surface area contributed by atoms with Gasteiger partial charge in [0.05, 0.1) is 0 Å². The molecule has 19 heavy (non-hydrogen) atoms. The molecule has 0 radical (unpaired) electrons. The van der Waals surface area contributed by atoms with Crippen molar-refractivity contribution in [3.8, 4) is 0 Å². The fraction of sp³-hybridized carbons (Fsp3) is 0.643. The number of thiophene rings is 1. The SMILES string of the molecule is CN=C(NCCCCCOC)NCCc1cccs1. The molecule has 1 aromatic rings. The molecule has 108 valence electrons. The molecular weight excluding hydrogens is 258 g/mol. The van der Waals surface area contributed by atoms with E-state index in [1.165, 1.54) is 11.3 Å². The highest BCUT2D eigenvalue weighted by molar-refractivity contribution is 7.09. The largest absolute Gasteiger partial charge is 0.385 e. The van der Waals surface area contributed by atoms with Crippen molar-refractivity contribution in [2.75, 3.05) is 33.9 Å². The van der Waals surface area contributed by atoms with Gasteiger partial charge in [-0.05, 0) is 37.1 Å². The van der Waals surface area contributed by atoms with Crippen LogP contribution in [0.3, 0.4) is 0 Å². The summed E-state index contributed by atoms with van der Waals surface area (Å²) in [4.78, 5) is 5.62. The molecule has 1 heterocycles. The number of ether oxygens (including phenoxy) is 1. The van der Waals surface area contributed by atoms with Crippen LogP contribution in [0.1, 0.15) is 24.1 Å². The Balaban J connectivity index is 2.03. The van der Waals surface area contributed by atoms with Crippen molar-refractivity contribution < 1.29 is 4.74 Å². The first-order chi connectivity index (χ1) is 9.36. The molecule has 0 fully saturated rings. The highest BCUT2D eigenvalue weighted by Gasteiger charge is 1.98. The van der Waals surface area contributed by atoms with Gasteiger partial charge >= 0.3 is 0 Å². The summed E-state index contributed by atoms with van der Waals surface area (Å²) in [6, 6.07) is 4.26. The maximum absolute atomic E-state index is 5.02. The summed E-state index contributed by atoms with van der Waals surface area (Å²) in [5, 5.41) is 8.77. The first kappa shape index (κ1) is 16.0. The van der Waals surface area contributed by atoms with Crippen LogP contribution in [0.4, 0.5) is 0 Å². The summed E-state index contributed by atoms with van der Waals surface area (Å²) < 4.78 is 5.02. The minimum absolute atomic E-state index is 0.855. The molecule has 1 aromatic heterocycles. The number of nitrogens with zero attached hydrogens (tertiary/aromatic N) is 1. The van der Waals surface area contributed by atoms with Gasteiger partial charge in [0.25, 0.3) is 0 Å². The molecule has 0 saturated heterocycles. The fourth-order valence-electron chi connectivity index (χ4n) is 1.73. The lowest BCUT2D eigenvalue weighted by atomic mass is 10.2. The Hall–Kier alpha value is -1.07. The van der Waals surface area contributed by atoms with Crippen molar-refractivity contribution in [3.05, 3.63) is 22.4 Å². The molecule has 0 aliphatic rings. The van der Waals surface area contributed by atoms with Gasteiger partial charge in [-0.25, -0.2) is 0 Å². The standard InChI is InChI=1S/C14H25N3OS/c1-15-14(16-9-4-3-5-11-18-2)17-10-8-13-7-6-12-19-13/h6-7,12H,3-5,8-11H2,1-2H3,(H2,15,16,17). The normalized spacial score (nSPS) is 11.6. The van der Waals surface area contributed by atoms with Crippen LogP contribution in [0.15, 0.2) is 22.5 Å². The molecule has 4 nitrogen and oxygen atoms in total. The Morgan fingerprint density at radius 2 is 2.11 bits per heavy atom. The van der Waals surface area contributed by atoms with Gasteiger partial charge in [-0.2, -0.15) is 0 Å². The Bertz CT molecular complexity index is 338. The number of nitrogens with one attached hydrogen (secondary N) is 2. The molecular formula is C14H25N3OS. The van der Waals surface area contributed by atoms with E-state index in [9.17, 15) is 0 Å². The van der Waals surface area contributed by atoms with Crippen molar-refractivity contribution in [2.24, 2.45) is 4.99 Å². The van der Waals surface area contributed by atoms with E-state index in [0.29, 0.717) is 0 Å². The van der Waals surface area contributed by atoms with Crippen LogP contribution in [-0.4, -0.2) is 39.8 Å². The van der Waals surface area contributed by atoms with Gasteiger partial charge in [-0.15, -0.1) is 11.3 Å². The lowest BCUT2D eigenvalue weighted by Crippen LogP contribution is -2.38. The lowest BCUT2D eigenvalue weighted by Gasteiger charge is -2.11. The predicted octanol–water partition coefficient (Wildman–Crippen LogP) is 2.27. The molecule has 1 rings (SSSR count). The Morgan fingerprint density at radius 3 is 2.79 bits per heavy atom. The second kappa shape index (κ2) is 10.8. The van der Waals surface area contributed by atoms with Gasteiger partial charge < -0.3 is 15.4 Å². The average molecular weight is 283 g/mol. The summed E-state index contributed by atoms with van der Waals surface area (Å²) >= 11 is 1.80. The third kappa shape index (κ3) is 7.85. The summed E-state index contributed by atoms with van der Waals surface area (Å²) in [7, 11) is 3.56. The van der Waals surface area contributed by atoms with Crippen molar-refractivity contribution in [3.63, 3.8) is 0 Å². The van der Waals surface area contributed by atoms with Gasteiger partial charge in [-0.3, -0.25) is 4.99 Å². The average Bonchev–Trinajstić information content (AvgIpc) is 2.93. The number of unbranched alkanes of at least 4 members (excludes halogenated alkanes) is 2. The fourth-order valence-corrected chi connectivity index (χ4v) is 2.44. The van der Waals surface area contributed by atoms with E-state index in [2.05, 4.69) is 33.1 Å². The predicted molar refractivity (Wildman–Crippen MR) is 83.1 cm³/mol. The minimum atomic E-state index is 0.855. The number of methoxy groups -OCH3 is 1. The highest BCUT2D eigenvalue weighted by Crippen LogP contribution is 2.07. The minimum Gasteiger partial charge on any atom is -0.385 e. The Morgan fingerprint density at radius 1 is 1.26 bits per heavy atom. The van der Waals surface area contributed by atoms with Crippen molar-refractivity contribution in [1.29, 1.82) is 0 Å². The first-order valence-corrected chi connectivity index (χ1v) is 7.70. The smallest absolute Gasteiger partial charge is 0.190 e. The molecule has 0 saturated carbocycles. The molecule has 0 bridgehead atoms. The zero-order valence-electron chi connectivity index (χ0n) is 11.9. The zero-order chi connectivity index (χ0) is 13.8. The molecule has 0 amide bonds. The van der Waals surface area contributed by atoms with E-state index < -0.39 is 0 Å². The number of hydrogen-bond donors (Lipinski definition) is 2. The molecule has 0 aromatic carbocycles. The van der Waals surface area contributed by atoms with Crippen molar-refractivity contribution in [2.45, 2.75) is 25.7 Å². The number of aliphatic imine (C=N–C) groups is 1. The zero-order valence-corrected chi connectivity index (χ0v) is 12.8. The molecule has 0 aliphatic carbocycles. The topological polar surface area (TPSA) is 45.7 Å². The van der Waals surface area contributed by atoms with Crippen LogP contribution in [0.5, 0.6) is 0 Å². The quantitative estimate of drug-likeness (QED) is 0.415. The van der Waals surface area contributed by atoms with E-state index in [1.807, 2.05) is 7.05 Å². The van der Waals surface area contributed by atoms with E-state index in [-0.39, 0.29) is 0 Å². The summed E-state index contributed by atoms with van der Waals surface area (Å²) in [5.74, 6) is 0.892. The summed E-state index contributed by atoms with van der Waals surface area (Å²) in [6.45, 7) is 2.74. The summed E-state index contributed by atoms with van der Waals surface area (Å²) in [6.07, 6.45) is 4.51. The van der Waals surface area contributed by atoms with Crippen LogP contribution < -0.4 is 10.6 Å². The highest BCUT2D eigenvalue weighted by atomic mass is 32.1. The van der Waals surface area contributed by atoms with Crippen LogP contribution in [0, 0.1) is 0 Å². The first-order valence-electron chi connectivity index (χ1n) is 6.82. The Labute approximate surface area is 120 Å². The number of rotatable bonds is 9. The number of guanidine groups is 1. The molecule has 0 atom stereocenters. The second-order valence-electron chi connectivity index (χ2n) is 4.31. The van der Waals surface area contributed by atoms with E-state index in [4.69, 9.17) is 4.74 Å². The molecule has 5 heteroatoms. The van der Waals surface area contributed by atoms with Gasteiger partial charge in [0.2, 0.25) is 0 Å². The van der Waals surface area contributed by atoms with E-state index >= 15 is 0 Å². The third-order valence-corrected chi connectivity index (χ3v) is 3.72. The second-order valence-corrected chi connectivity index (χ2v) is 5.34. The van der Waals surface area contributed by atoms with Gasteiger partial charge in [0.1, 0.15) is 0 Å². The maximum Gasteiger partial charge on any atom is 0.190 e. The van der Waals surface area contributed by atoms with Crippen molar-refractivity contribution >= 4 is 17.3 Å². The lowest BCUT2D eigenvalue weighted by molar-refractivity contribution is 0.192. The van der Waals surface area contributed by atoms with E-state index in [0.717, 1.165) is 44.9 Å². The molecule has 0 spiro atoms. The van der Waals surface area contributed by atoms with Crippen molar-refractivity contribution in [1.82, 2.24) is 10.6 Å². The van der Waals surface area contributed by atoms with Crippen LogP contribution >= 0.6 is 11.3 Å². The monoisotopic (exact) mass is 283 g/mol. The van der Waals surface area contributed by atoms with Gasteiger partial charge in [0.15, 0.2) is 5.96 Å². The molecule has 2 N–H and O–H groups in total. The summed E-state index contributed by atoms with van der Waals surface area (Å²) in [5.41, 5.74) is 0. The Kier molecular flexibility index (Phi) is 9.10. The molecule has 0 unspecified atom stereocenters. The van der Waals surface area contributed by atoms with Gasteiger partial charge in [0, 0.05) is 38.7 Å². The van der Waals surface area contributed by atoms with E-state index in [1.54, 1.807) is 18.4 Å². The van der Waals surface area contributed by atoms with Crippen LogP contribution in [0.25, 0.3) is 0 Å². The number of hydrogen-bond acceptors (Lipinski definition) is 3.